The summed E-state index contributed by atoms with van der Waals surface area (Å²) in [6, 6.07) is 7.36. The number of carboxylic acid groups (broad SMARTS) is 1. The molecule has 0 radical (unpaired) electrons. The summed E-state index contributed by atoms with van der Waals surface area (Å²) in [4.78, 5) is 10.4. The van der Waals surface area contributed by atoms with Crippen LogP contribution in [0.15, 0.2) is 24.3 Å². The molecule has 1 aromatic rings. The molecular weight excluding hydrogens is 272 g/mol. The Morgan fingerprint density at radius 3 is 2.20 bits per heavy atom. The third-order valence-corrected chi connectivity index (χ3v) is 8.17. The second-order valence-electron chi connectivity index (χ2n) is 6.38. The lowest BCUT2D eigenvalue weighted by Gasteiger charge is -2.36. The smallest absolute Gasteiger partial charge is 0.341 e. The average Bonchev–Trinajstić information content (AvgIpc) is 2.34. The maximum atomic E-state index is 10.4. The molecular formula is C15H24O4Si. The maximum absolute atomic E-state index is 10.4. The normalized spacial score (nSPS) is 12.2. The molecule has 1 aromatic carbocycles. The van der Waals surface area contributed by atoms with E-state index in [0.29, 0.717) is 12.4 Å². The second-order valence-corrected chi connectivity index (χ2v) is 11.2. The first-order valence-corrected chi connectivity index (χ1v) is 9.60. The van der Waals surface area contributed by atoms with Crippen LogP contribution in [0, 0.1) is 0 Å². The quantitative estimate of drug-likeness (QED) is 0.814. The van der Waals surface area contributed by atoms with E-state index in [4.69, 9.17) is 14.3 Å². The largest absolute Gasteiger partial charge is 0.482 e. The Balaban J connectivity index is 2.56. The van der Waals surface area contributed by atoms with Crippen LogP contribution in [0.3, 0.4) is 0 Å². The summed E-state index contributed by atoms with van der Waals surface area (Å²) in [5, 5.41) is 8.73. The zero-order valence-electron chi connectivity index (χ0n) is 12.9. The number of carboxylic acids is 1. The number of benzene rings is 1. The van der Waals surface area contributed by atoms with Crippen molar-refractivity contribution in [3.05, 3.63) is 29.8 Å². The van der Waals surface area contributed by atoms with Crippen LogP contribution in [-0.2, 0) is 15.8 Å². The molecule has 0 heterocycles. The summed E-state index contributed by atoms with van der Waals surface area (Å²) in [6.07, 6.45) is 0. The van der Waals surface area contributed by atoms with Gasteiger partial charge in [0.15, 0.2) is 14.9 Å². The Kier molecular flexibility index (Phi) is 5.36. The first-order chi connectivity index (χ1) is 9.12. The lowest BCUT2D eigenvalue weighted by atomic mass is 10.2. The van der Waals surface area contributed by atoms with Gasteiger partial charge in [0.05, 0.1) is 6.61 Å². The lowest BCUT2D eigenvalue weighted by Crippen LogP contribution is -2.40. The van der Waals surface area contributed by atoms with Gasteiger partial charge in [-0.25, -0.2) is 4.79 Å². The minimum atomic E-state index is -1.74. The zero-order chi connectivity index (χ0) is 15.4. The van der Waals surface area contributed by atoms with Gasteiger partial charge in [0.2, 0.25) is 0 Å². The van der Waals surface area contributed by atoms with Crippen LogP contribution in [0.25, 0.3) is 0 Å². The Morgan fingerprint density at radius 2 is 1.75 bits per heavy atom. The molecule has 20 heavy (non-hydrogen) atoms. The van der Waals surface area contributed by atoms with E-state index in [0.717, 1.165) is 5.56 Å². The molecule has 0 aromatic heterocycles. The molecule has 1 N–H and O–H groups in total. The van der Waals surface area contributed by atoms with E-state index in [1.54, 1.807) is 12.1 Å². The first-order valence-electron chi connectivity index (χ1n) is 6.69. The van der Waals surface area contributed by atoms with Crippen LogP contribution in [0.2, 0.25) is 18.1 Å². The van der Waals surface area contributed by atoms with Gasteiger partial charge < -0.3 is 14.3 Å². The molecule has 0 saturated heterocycles. The molecule has 0 amide bonds. The number of carbonyl (C=O) groups is 1. The maximum Gasteiger partial charge on any atom is 0.341 e. The predicted molar refractivity (Wildman–Crippen MR) is 81.6 cm³/mol. The van der Waals surface area contributed by atoms with Crippen molar-refractivity contribution in [1.29, 1.82) is 0 Å². The van der Waals surface area contributed by atoms with Crippen LogP contribution < -0.4 is 4.74 Å². The molecule has 0 atom stereocenters. The standard InChI is InChI=1S/C15H24O4Si/c1-15(2,3)20(4,5)19-10-12-6-8-13(9-7-12)18-11-14(16)17/h6-9H,10-11H2,1-5H3,(H,16,17). The van der Waals surface area contributed by atoms with E-state index < -0.39 is 14.3 Å². The van der Waals surface area contributed by atoms with Crippen molar-refractivity contribution >= 4 is 14.3 Å². The highest BCUT2D eigenvalue weighted by molar-refractivity contribution is 6.74. The molecule has 0 aliphatic rings. The van der Waals surface area contributed by atoms with E-state index in [2.05, 4.69) is 33.9 Å². The van der Waals surface area contributed by atoms with Gasteiger partial charge in [-0.15, -0.1) is 0 Å². The number of rotatable bonds is 6. The van der Waals surface area contributed by atoms with E-state index >= 15 is 0 Å². The highest BCUT2D eigenvalue weighted by Crippen LogP contribution is 2.37. The van der Waals surface area contributed by atoms with Crippen molar-refractivity contribution in [2.24, 2.45) is 0 Å². The van der Waals surface area contributed by atoms with Gasteiger partial charge in [0.1, 0.15) is 5.75 Å². The van der Waals surface area contributed by atoms with Crippen molar-refractivity contribution in [3.63, 3.8) is 0 Å². The topological polar surface area (TPSA) is 55.8 Å². The molecule has 0 bridgehead atoms. The summed E-state index contributed by atoms with van der Waals surface area (Å²) in [5.74, 6) is -0.418. The number of hydrogen-bond acceptors (Lipinski definition) is 3. The summed E-state index contributed by atoms with van der Waals surface area (Å²) < 4.78 is 11.2. The van der Waals surface area contributed by atoms with E-state index in [1.807, 2.05) is 12.1 Å². The molecule has 112 valence electrons. The van der Waals surface area contributed by atoms with Crippen molar-refractivity contribution < 1.29 is 19.1 Å². The molecule has 1 rings (SSSR count). The SMILES string of the molecule is CC(C)(C)[Si](C)(C)OCc1ccc(OCC(=O)O)cc1. The van der Waals surface area contributed by atoms with Gasteiger partial charge in [0.25, 0.3) is 0 Å². The third kappa shape index (κ3) is 4.98. The van der Waals surface area contributed by atoms with Gasteiger partial charge in [0, 0.05) is 0 Å². The Morgan fingerprint density at radius 1 is 1.20 bits per heavy atom. The third-order valence-electron chi connectivity index (χ3n) is 3.69. The highest BCUT2D eigenvalue weighted by Gasteiger charge is 2.36. The van der Waals surface area contributed by atoms with Crippen molar-refractivity contribution in [2.45, 2.75) is 45.5 Å². The van der Waals surface area contributed by atoms with Gasteiger partial charge in [-0.2, -0.15) is 0 Å². The van der Waals surface area contributed by atoms with Crippen molar-refractivity contribution in [3.8, 4) is 5.75 Å². The monoisotopic (exact) mass is 296 g/mol. The minimum absolute atomic E-state index is 0.192. The van der Waals surface area contributed by atoms with Crippen LogP contribution >= 0.6 is 0 Å². The highest BCUT2D eigenvalue weighted by atomic mass is 28.4. The van der Waals surface area contributed by atoms with E-state index in [1.165, 1.54) is 0 Å². The van der Waals surface area contributed by atoms with Crippen LogP contribution in [0.5, 0.6) is 5.75 Å². The van der Waals surface area contributed by atoms with Crippen LogP contribution in [0.1, 0.15) is 26.3 Å². The van der Waals surface area contributed by atoms with Crippen LogP contribution in [0.4, 0.5) is 0 Å². The zero-order valence-corrected chi connectivity index (χ0v) is 13.9. The molecule has 0 aliphatic heterocycles. The molecule has 4 nitrogen and oxygen atoms in total. The molecule has 5 heteroatoms. The Bertz CT molecular complexity index is 446. The molecule has 0 saturated carbocycles. The fourth-order valence-electron chi connectivity index (χ4n) is 1.31. The number of ether oxygens (including phenoxy) is 1. The number of hydrogen-bond donors (Lipinski definition) is 1. The van der Waals surface area contributed by atoms with Crippen molar-refractivity contribution in [1.82, 2.24) is 0 Å². The van der Waals surface area contributed by atoms with E-state index in [-0.39, 0.29) is 11.6 Å². The summed E-state index contributed by atoms with van der Waals surface area (Å²) in [5.41, 5.74) is 1.07. The Labute approximate surface area is 121 Å². The Hall–Kier alpha value is -1.33. The predicted octanol–water partition coefficient (Wildman–Crippen LogP) is 3.67. The second kappa shape index (κ2) is 6.41. The first kappa shape index (κ1) is 16.7. The van der Waals surface area contributed by atoms with Gasteiger partial charge in [-0.3, -0.25) is 0 Å². The van der Waals surface area contributed by atoms with E-state index in [9.17, 15) is 4.79 Å². The molecule has 0 spiro atoms. The number of aliphatic carboxylic acids is 1. The van der Waals surface area contributed by atoms with Gasteiger partial charge >= 0.3 is 5.97 Å². The molecule has 0 fully saturated rings. The summed E-state index contributed by atoms with van der Waals surface area (Å²) in [6.45, 7) is 11.3. The van der Waals surface area contributed by atoms with Gasteiger partial charge in [-0.05, 0) is 35.8 Å². The summed E-state index contributed by atoms with van der Waals surface area (Å²) in [7, 11) is -1.74. The van der Waals surface area contributed by atoms with Gasteiger partial charge in [-0.1, -0.05) is 32.9 Å². The summed E-state index contributed by atoms with van der Waals surface area (Å²) >= 11 is 0. The molecule has 0 aliphatic carbocycles. The fraction of sp³-hybridized carbons (Fsp3) is 0.533. The van der Waals surface area contributed by atoms with Crippen LogP contribution in [-0.4, -0.2) is 26.0 Å². The average molecular weight is 296 g/mol. The minimum Gasteiger partial charge on any atom is -0.482 e. The van der Waals surface area contributed by atoms with Crippen molar-refractivity contribution in [2.75, 3.05) is 6.61 Å². The lowest BCUT2D eigenvalue weighted by molar-refractivity contribution is -0.139. The molecule has 0 unspecified atom stereocenters. The fourth-order valence-corrected chi connectivity index (χ4v) is 2.27.